The van der Waals surface area contributed by atoms with E-state index in [1.807, 2.05) is 0 Å². The Bertz CT molecular complexity index is 335. The van der Waals surface area contributed by atoms with Crippen LogP contribution in [0.2, 0.25) is 0 Å². The molecule has 0 aromatic heterocycles. The lowest BCUT2D eigenvalue weighted by atomic mass is 10.4. The zero-order chi connectivity index (χ0) is 10.6. The van der Waals surface area contributed by atoms with E-state index in [-0.39, 0.29) is 4.90 Å². The van der Waals surface area contributed by atoms with Crippen LogP contribution in [0.15, 0.2) is 29.2 Å². The Hall–Kier alpha value is -0.390. The molecule has 0 aliphatic carbocycles. The highest BCUT2D eigenvalue weighted by molar-refractivity contribution is 7.91. The van der Waals surface area contributed by atoms with E-state index >= 15 is 0 Å². The molecule has 4 nitrogen and oxygen atoms in total. The van der Waals surface area contributed by atoms with E-state index in [0.29, 0.717) is 0 Å². The second-order valence-corrected chi connectivity index (χ2v) is 4.55. The van der Waals surface area contributed by atoms with Crippen LogP contribution in [-0.4, -0.2) is 15.4 Å². The smallest absolute Gasteiger partial charge is 0.320 e. The highest BCUT2D eigenvalue weighted by atomic mass is 32.2. The van der Waals surface area contributed by atoms with E-state index in [4.69, 9.17) is 4.89 Å². The van der Waals surface area contributed by atoms with Gasteiger partial charge in [-0.3, -0.25) is 9.09 Å². The van der Waals surface area contributed by atoms with Crippen molar-refractivity contribution >= 4 is 19.4 Å². The second-order valence-electron chi connectivity index (χ2n) is 2.33. The van der Waals surface area contributed by atoms with E-state index in [9.17, 15) is 13.5 Å². The minimum atomic E-state index is -3.08. The van der Waals surface area contributed by atoms with Crippen molar-refractivity contribution in [2.45, 2.75) is 4.90 Å². The molecule has 0 aliphatic heterocycles. The van der Waals surface area contributed by atoms with Gasteiger partial charge in [0.15, 0.2) is 4.90 Å². The third-order valence-electron chi connectivity index (χ3n) is 1.35. The molecule has 0 aliphatic rings. The van der Waals surface area contributed by atoms with E-state index < -0.39 is 31.2 Å². The van der Waals surface area contributed by atoms with Crippen molar-refractivity contribution in [1.82, 2.24) is 0 Å². The molecule has 1 aromatic rings. The summed E-state index contributed by atoms with van der Waals surface area (Å²) in [5.41, 5.74) is 0. The van der Waals surface area contributed by atoms with Gasteiger partial charge >= 0.3 is 8.25 Å². The second kappa shape index (κ2) is 5.48. The van der Waals surface area contributed by atoms with Gasteiger partial charge in [0, 0.05) is 17.2 Å². The first kappa shape index (κ1) is 11.7. The van der Waals surface area contributed by atoms with E-state index in [2.05, 4.69) is 4.52 Å². The van der Waals surface area contributed by atoms with Crippen molar-refractivity contribution in [3.8, 4) is 0 Å². The Morgan fingerprint density at radius 1 is 1.64 bits per heavy atom. The summed E-state index contributed by atoms with van der Waals surface area (Å²) in [7, 11) is -3.08. The van der Waals surface area contributed by atoms with Gasteiger partial charge in [-0.1, -0.05) is 6.07 Å². The van der Waals surface area contributed by atoms with Crippen LogP contribution in [0.4, 0.5) is 4.39 Å². The fourth-order valence-corrected chi connectivity index (χ4v) is 2.22. The monoisotopic (exact) mass is 238 g/mol. The predicted octanol–water partition coefficient (Wildman–Crippen LogP) is 1.29. The number of hydrogen-bond acceptors (Lipinski definition) is 3. The highest BCUT2D eigenvalue weighted by Crippen LogP contribution is 2.19. The maximum atomic E-state index is 12.6. The van der Waals surface area contributed by atoms with Gasteiger partial charge in [0.2, 0.25) is 5.94 Å². The van der Waals surface area contributed by atoms with Crippen molar-refractivity contribution in [2.24, 2.45) is 0 Å². The molecule has 14 heavy (non-hydrogen) atoms. The van der Waals surface area contributed by atoms with E-state index in [1.165, 1.54) is 18.2 Å². The van der Waals surface area contributed by atoms with Crippen LogP contribution < -0.4 is 0 Å². The summed E-state index contributed by atoms with van der Waals surface area (Å²) in [6, 6.07) is 5.17. The van der Waals surface area contributed by atoms with Crippen LogP contribution in [0, 0.1) is 5.82 Å². The maximum Gasteiger partial charge on any atom is 0.320 e. The zero-order valence-corrected chi connectivity index (χ0v) is 8.79. The molecule has 2 atom stereocenters. The summed E-state index contributed by atoms with van der Waals surface area (Å²) in [6.07, 6.45) is 0. The van der Waals surface area contributed by atoms with Crippen LogP contribution in [-0.2, 0) is 20.3 Å². The van der Waals surface area contributed by atoms with Gasteiger partial charge in [-0.15, -0.1) is 0 Å². The molecule has 0 radical (unpaired) electrons. The molecule has 1 N–H and O–H groups in total. The Kier molecular flexibility index (Phi) is 4.57. The molecule has 0 heterocycles. The zero-order valence-electron chi connectivity index (χ0n) is 6.97. The number of rotatable bonds is 4. The van der Waals surface area contributed by atoms with Crippen LogP contribution >= 0.6 is 8.25 Å². The molecule has 0 saturated heterocycles. The third kappa shape index (κ3) is 3.77. The summed E-state index contributed by atoms with van der Waals surface area (Å²) in [4.78, 5) is 8.55. The van der Waals surface area contributed by atoms with Crippen molar-refractivity contribution < 1.29 is 22.9 Å². The molecule has 0 spiro atoms. The van der Waals surface area contributed by atoms with E-state index in [0.717, 1.165) is 6.07 Å². The minimum absolute atomic E-state index is 0.230. The summed E-state index contributed by atoms with van der Waals surface area (Å²) >= 11 is -1.61. The summed E-state index contributed by atoms with van der Waals surface area (Å²) in [6.45, 7) is 0. The molecule has 0 fully saturated rings. The van der Waals surface area contributed by atoms with Crippen molar-refractivity contribution in [1.29, 1.82) is 0 Å². The van der Waals surface area contributed by atoms with Gasteiger partial charge in [-0.05, 0) is 12.1 Å². The Morgan fingerprint density at radius 3 is 2.93 bits per heavy atom. The van der Waals surface area contributed by atoms with Gasteiger partial charge in [0.1, 0.15) is 5.82 Å². The predicted molar refractivity (Wildman–Crippen MR) is 50.0 cm³/mol. The fraction of sp³-hybridized carbons (Fsp3) is 0.143. The highest BCUT2D eigenvalue weighted by Gasteiger charge is 2.12. The molecule has 0 bridgehead atoms. The molecular formula is C7H8FO4PS. The molecule has 1 unspecified atom stereocenters. The standard InChI is InChI=1S/C7H8FO4PS/c8-6-2-1-3-7(4-6)14(11)5-12-13(9)10/h1-4,13H,5H2,(H,9,10)/t14-/m1/s1. The Balaban J connectivity index is 2.60. The van der Waals surface area contributed by atoms with Gasteiger partial charge in [-0.25, -0.2) is 4.39 Å². The molecule has 1 aromatic carbocycles. The average Bonchev–Trinajstić information content (AvgIpc) is 2.14. The van der Waals surface area contributed by atoms with Gasteiger partial charge in [-0.2, -0.15) is 0 Å². The summed E-state index contributed by atoms with van der Waals surface area (Å²) in [5, 5.41) is 0. The molecule has 7 heteroatoms. The minimum Gasteiger partial charge on any atom is -0.610 e. The first-order valence-corrected chi connectivity index (χ1v) is 6.17. The Morgan fingerprint density at radius 2 is 2.36 bits per heavy atom. The number of hydrogen-bond donors (Lipinski definition) is 1. The lowest BCUT2D eigenvalue weighted by Crippen LogP contribution is -2.07. The lowest BCUT2D eigenvalue weighted by molar-refractivity contribution is 0.322. The van der Waals surface area contributed by atoms with Crippen molar-refractivity contribution in [3.05, 3.63) is 30.1 Å². The normalized spacial score (nSPS) is 15.1. The van der Waals surface area contributed by atoms with Crippen LogP contribution in [0.5, 0.6) is 0 Å². The number of halogens is 1. The molecule has 1 rings (SSSR count). The SMILES string of the molecule is O=[PH](O)OC[S@@+]([O-])c1cccc(F)c1. The quantitative estimate of drug-likeness (QED) is 0.633. The molecular weight excluding hydrogens is 230 g/mol. The average molecular weight is 238 g/mol. The van der Waals surface area contributed by atoms with Gasteiger partial charge in [0.25, 0.3) is 0 Å². The van der Waals surface area contributed by atoms with Crippen molar-refractivity contribution in [3.63, 3.8) is 0 Å². The topological polar surface area (TPSA) is 69.6 Å². The largest absolute Gasteiger partial charge is 0.610 e. The van der Waals surface area contributed by atoms with Gasteiger partial charge < -0.3 is 9.45 Å². The van der Waals surface area contributed by atoms with Crippen LogP contribution in [0.25, 0.3) is 0 Å². The molecule has 0 amide bonds. The fourth-order valence-electron chi connectivity index (χ4n) is 0.781. The van der Waals surface area contributed by atoms with Crippen LogP contribution in [0.3, 0.4) is 0 Å². The first-order chi connectivity index (χ1) is 6.59. The van der Waals surface area contributed by atoms with Crippen molar-refractivity contribution in [2.75, 3.05) is 5.94 Å². The van der Waals surface area contributed by atoms with Crippen LogP contribution in [0.1, 0.15) is 0 Å². The maximum absolute atomic E-state index is 12.6. The summed E-state index contributed by atoms with van der Waals surface area (Å²) in [5.74, 6) is -0.912. The lowest BCUT2D eigenvalue weighted by Gasteiger charge is -2.08. The van der Waals surface area contributed by atoms with E-state index in [1.54, 1.807) is 0 Å². The molecule has 78 valence electrons. The van der Waals surface area contributed by atoms with Gasteiger partial charge in [0.05, 0.1) is 0 Å². The molecule has 0 saturated carbocycles. The Labute approximate surface area is 83.8 Å². The summed E-state index contributed by atoms with van der Waals surface area (Å²) < 4.78 is 38.4. The number of benzene rings is 1. The first-order valence-electron chi connectivity index (χ1n) is 3.59. The third-order valence-corrected chi connectivity index (χ3v) is 3.06.